The molecule has 0 atom stereocenters. The molecule has 0 saturated heterocycles. The lowest BCUT2D eigenvalue weighted by molar-refractivity contribution is 0.355. The molecular formula is C11H22N4. The molecular weight excluding hydrogens is 188 g/mol. The van der Waals surface area contributed by atoms with Crippen LogP contribution in [0.2, 0.25) is 0 Å². The van der Waals surface area contributed by atoms with Gasteiger partial charge in [-0.05, 0) is 26.7 Å². The molecule has 0 aliphatic heterocycles. The molecule has 1 aromatic rings. The van der Waals surface area contributed by atoms with Gasteiger partial charge in [0.1, 0.15) is 12.2 Å². The number of rotatable bonds is 5. The maximum absolute atomic E-state index is 5.91. The van der Waals surface area contributed by atoms with Crippen LogP contribution in [0, 0.1) is 0 Å². The third-order valence-electron chi connectivity index (χ3n) is 3.35. The van der Waals surface area contributed by atoms with E-state index < -0.39 is 0 Å². The monoisotopic (exact) mass is 210 g/mol. The van der Waals surface area contributed by atoms with Crippen molar-refractivity contribution in [1.82, 2.24) is 14.8 Å². The number of nitrogens with zero attached hydrogens (tertiary/aromatic N) is 3. The van der Waals surface area contributed by atoms with Crippen LogP contribution < -0.4 is 5.73 Å². The number of hydrogen-bond donors (Lipinski definition) is 1. The minimum absolute atomic E-state index is 0.0131. The Morgan fingerprint density at radius 3 is 2.40 bits per heavy atom. The van der Waals surface area contributed by atoms with Crippen LogP contribution in [0.15, 0.2) is 6.33 Å². The maximum Gasteiger partial charge on any atom is 0.140 e. The molecule has 0 spiro atoms. The molecule has 2 N–H and O–H groups in total. The van der Waals surface area contributed by atoms with E-state index in [1.54, 1.807) is 6.33 Å². The molecule has 0 aromatic carbocycles. The second-order valence-corrected chi connectivity index (χ2v) is 4.35. The summed E-state index contributed by atoms with van der Waals surface area (Å²) in [6.45, 7) is 9.23. The van der Waals surface area contributed by atoms with Gasteiger partial charge in [-0.1, -0.05) is 13.8 Å². The van der Waals surface area contributed by atoms with Gasteiger partial charge in [0.15, 0.2) is 0 Å². The Hall–Kier alpha value is -0.900. The molecule has 4 heteroatoms. The highest BCUT2D eigenvalue weighted by atomic mass is 15.3. The zero-order chi connectivity index (χ0) is 11.5. The fraction of sp³-hybridized carbons (Fsp3) is 0.818. The van der Waals surface area contributed by atoms with Gasteiger partial charge in [-0.15, -0.1) is 10.2 Å². The van der Waals surface area contributed by atoms with Crippen LogP contribution in [0.25, 0.3) is 0 Å². The first-order valence-corrected chi connectivity index (χ1v) is 5.71. The predicted octanol–water partition coefficient (Wildman–Crippen LogP) is 1.88. The van der Waals surface area contributed by atoms with Crippen LogP contribution >= 0.6 is 0 Å². The first-order chi connectivity index (χ1) is 7.11. The fourth-order valence-corrected chi connectivity index (χ4v) is 1.95. The summed E-state index contributed by atoms with van der Waals surface area (Å²) < 4.78 is 2.12. The fourth-order valence-electron chi connectivity index (χ4n) is 1.95. The van der Waals surface area contributed by atoms with Crippen molar-refractivity contribution in [1.29, 1.82) is 0 Å². The Bertz CT molecular complexity index is 291. The minimum atomic E-state index is -0.0131. The van der Waals surface area contributed by atoms with Crippen molar-refractivity contribution in [2.24, 2.45) is 5.73 Å². The Morgan fingerprint density at radius 2 is 2.00 bits per heavy atom. The van der Waals surface area contributed by atoms with Gasteiger partial charge in [-0.25, -0.2) is 0 Å². The number of nitrogens with two attached hydrogens (primary N) is 1. The Morgan fingerprint density at radius 1 is 1.40 bits per heavy atom. The summed E-state index contributed by atoms with van der Waals surface area (Å²) in [4.78, 5) is 0. The summed E-state index contributed by atoms with van der Waals surface area (Å²) in [5, 5.41) is 8.27. The van der Waals surface area contributed by atoms with Crippen molar-refractivity contribution in [3.05, 3.63) is 12.2 Å². The van der Waals surface area contributed by atoms with E-state index >= 15 is 0 Å². The summed E-state index contributed by atoms with van der Waals surface area (Å²) in [7, 11) is 0. The average Bonchev–Trinajstić information content (AvgIpc) is 2.71. The molecule has 4 nitrogen and oxygen atoms in total. The van der Waals surface area contributed by atoms with Crippen molar-refractivity contribution >= 4 is 0 Å². The number of hydrogen-bond acceptors (Lipinski definition) is 3. The van der Waals surface area contributed by atoms with Crippen LogP contribution in [-0.2, 0) is 5.41 Å². The van der Waals surface area contributed by atoms with Gasteiger partial charge in [-0.2, -0.15) is 0 Å². The van der Waals surface area contributed by atoms with Crippen LogP contribution in [-0.4, -0.2) is 21.3 Å². The lowest BCUT2D eigenvalue weighted by Gasteiger charge is -2.30. The van der Waals surface area contributed by atoms with Gasteiger partial charge >= 0.3 is 0 Å². The molecule has 1 heterocycles. The van der Waals surface area contributed by atoms with Crippen molar-refractivity contribution in [3.63, 3.8) is 0 Å². The van der Waals surface area contributed by atoms with Gasteiger partial charge in [0.05, 0.1) is 0 Å². The molecule has 1 aromatic heterocycles. The van der Waals surface area contributed by atoms with E-state index in [1.165, 1.54) is 0 Å². The molecule has 0 unspecified atom stereocenters. The van der Waals surface area contributed by atoms with E-state index in [0.29, 0.717) is 12.6 Å². The topological polar surface area (TPSA) is 56.7 Å². The number of aromatic nitrogens is 3. The van der Waals surface area contributed by atoms with Gasteiger partial charge < -0.3 is 10.3 Å². The molecule has 15 heavy (non-hydrogen) atoms. The minimum Gasteiger partial charge on any atom is -0.329 e. The molecule has 1 rings (SSSR count). The summed E-state index contributed by atoms with van der Waals surface area (Å²) in [6, 6.07) is 0.388. The second kappa shape index (κ2) is 4.75. The highest BCUT2D eigenvalue weighted by molar-refractivity contribution is 5.09. The van der Waals surface area contributed by atoms with Crippen LogP contribution in [0.4, 0.5) is 0 Å². The van der Waals surface area contributed by atoms with E-state index in [-0.39, 0.29) is 5.41 Å². The van der Waals surface area contributed by atoms with Crippen LogP contribution in [0.3, 0.4) is 0 Å². The summed E-state index contributed by atoms with van der Waals surface area (Å²) in [5.41, 5.74) is 5.89. The molecule has 0 fully saturated rings. The van der Waals surface area contributed by atoms with E-state index in [9.17, 15) is 0 Å². The smallest absolute Gasteiger partial charge is 0.140 e. The Balaban J connectivity index is 3.16. The first kappa shape index (κ1) is 12.2. The molecule has 86 valence electrons. The molecule has 0 bridgehead atoms. The first-order valence-electron chi connectivity index (χ1n) is 5.71. The summed E-state index contributed by atoms with van der Waals surface area (Å²) in [5.74, 6) is 1.03. The normalized spacial score (nSPS) is 12.4. The molecule has 0 saturated carbocycles. The van der Waals surface area contributed by atoms with Crippen LogP contribution in [0.5, 0.6) is 0 Å². The largest absolute Gasteiger partial charge is 0.329 e. The highest BCUT2D eigenvalue weighted by Crippen LogP contribution is 2.30. The van der Waals surface area contributed by atoms with E-state index in [0.717, 1.165) is 18.7 Å². The zero-order valence-corrected chi connectivity index (χ0v) is 10.2. The molecule has 0 aliphatic carbocycles. The predicted molar refractivity (Wildman–Crippen MR) is 61.7 cm³/mol. The quantitative estimate of drug-likeness (QED) is 0.807. The lowest BCUT2D eigenvalue weighted by Crippen LogP contribution is -2.37. The summed E-state index contributed by atoms with van der Waals surface area (Å²) >= 11 is 0. The molecule has 0 radical (unpaired) electrons. The third kappa shape index (κ3) is 2.04. The molecule has 0 aliphatic rings. The van der Waals surface area contributed by atoms with Gasteiger partial charge in [0.25, 0.3) is 0 Å². The average molecular weight is 210 g/mol. The highest BCUT2D eigenvalue weighted by Gasteiger charge is 2.32. The Labute approximate surface area is 91.9 Å². The standard InChI is InChI=1S/C11H22N4/c1-5-11(6-2,7-12)10-14-13-8-15(10)9(3)4/h8-9H,5-7,12H2,1-4H3. The third-order valence-corrected chi connectivity index (χ3v) is 3.35. The van der Waals surface area contributed by atoms with E-state index in [4.69, 9.17) is 5.73 Å². The van der Waals surface area contributed by atoms with Gasteiger partial charge in [-0.3, -0.25) is 0 Å². The van der Waals surface area contributed by atoms with Crippen molar-refractivity contribution in [2.45, 2.75) is 52.0 Å². The van der Waals surface area contributed by atoms with Crippen molar-refractivity contribution in [2.75, 3.05) is 6.54 Å². The second-order valence-electron chi connectivity index (χ2n) is 4.35. The zero-order valence-electron chi connectivity index (χ0n) is 10.2. The lowest BCUT2D eigenvalue weighted by atomic mass is 9.81. The summed E-state index contributed by atoms with van der Waals surface area (Å²) in [6.07, 6.45) is 3.81. The molecule has 0 amide bonds. The van der Waals surface area contributed by atoms with Gasteiger partial charge in [0.2, 0.25) is 0 Å². The van der Waals surface area contributed by atoms with Crippen molar-refractivity contribution in [3.8, 4) is 0 Å². The van der Waals surface area contributed by atoms with Crippen molar-refractivity contribution < 1.29 is 0 Å². The SMILES string of the molecule is CCC(CC)(CN)c1nncn1C(C)C. The maximum atomic E-state index is 5.91. The van der Waals surface area contributed by atoms with Crippen LogP contribution in [0.1, 0.15) is 52.4 Å². The van der Waals surface area contributed by atoms with E-state index in [1.807, 2.05) is 0 Å². The van der Waals surface area contributed by atoms with E-state index in [2.05, 4.69) is 42.5 Å². The van der Waals surface area contributed by atoms with Gasteiger partial charge in [0, 0.05) is 18.0 Å². The Kier molecular flexibility index (Phi) is 3.85.